The number of hydrogen-bond acceptors (Lipinski definition) is 2. The monoisotopic (exact) mass is 182 g/mol. The second kappa shape index (κ2) is 2.57. The third-order valence-electron chi connectivity index (χ3n) is 3.17. The Kier molecular flexibility index (Phi) is 1.82. The second-order valence-corrected chi connectivity index (χ2v) is 5.30. The van der Waals surface area contributed by atoms with Crippen molar-refractivity contribution >= 4 is 5.78 Å². The van der Waals surface area contributed by atoms with E-state index in [1.807, 2.05) is 0 Å². The average molecular weight is 182 g/mol. The summed E-state index contributed by atoms with van der Waals surface area (Å²) in [5.74, 6) is 0.324. The van der Waals surface area contributed by atoms with Crippen molar-refractivity contribution in [3.8, 4) is 0 Å². The van der Waals surface area contributed by atoms with Gasteiger partial charge in [-0.2, -0.15) is 0 Å². The molecule has 2 nitrogen and oxygen atoms in total. The molecule has 2 fully saturated rings. The molecule has 74 valence electrons. The van der Waals surface area contributed by atoms with Gasteiger partial charge < -0.3 is 4.74 Å². The van der Waals surface area contributed by atoms with Gasteiger partial charge in [0.2, 0.25) is 0 Å². The third-order valence-corrected chi connectivity index (χ3v) is 3.17. The lowest BCUT2D eigenvalue weighted by molar-refractivity contribution is -0.123. The van der Waals surface area contributed by atoms with Crippen LogP contribution in [-0.4, -0.2) is 17.5 Å². The van der Waals surface area contributed by atoms with E-state index in [2.05, 4.69) is 20.8 Å². The number of epoxide rings is 1. The van der Waals surface area contributed by atoms with Crippen LogP contribution in [0.15, 0.2) is 0 Å². The zero-order valence-electron chi connectivity index (χ0n) is 8.72. The Balaban J connectivity index is 2.14. The lowest BCUT2D eigenvalue weighted by atomic mass is 9.70. The van der Waals surface area contributed by atoms with Gasteiger partial charge in [-0.15, -0.1) is 0 Å². The molecule has 0 unspecified atom stereocenters. The normalized spacial score (nSPS) is 41.5. The summed E-state index contributed by atoms with van der Waals surface area (Å²) >= 11 is 0. The van der Waals surface area contributed by atoms with Crippen molar-refractivity contribution in [2.24, 2.45) is 5.41 Å². The molecule has 2 heteroatoms. The molecule has 0 aromatic carbocycles. The Morgan fingerprint density at radius 2 is 2.23 bits per heavy atom. The van der Waals surface area contributed by atoms with Gasteiger partial charge in [0.1, 0.15) is 11.7 Å². The van der Waals surface area contributed by atoms with E-state index >= 15 is 0 Å². The minimum atomic E-state index is -0.0480. The number of Topliss-reactive ketones (excluding diaryl/α,β-unsaturated/α-hetero) is 1. The molecule has 2 aliphatic rings. The predicted molar refractivity (Wildman–Crippen MR) is 50.5 cm³/mol. The van der Waals surface area contributed by atoms with Crippen LogP contribution in [0.4, 0.5) is 0 Å². The van der Waals surface area contributed by atoms with Gasteiger partial charge in [0, 0.05) is 6.42 Å². The Morgan fingerprint density at radius 3 is 2.85 bits per heavy atom. The summed E-state index contributed by atoms with van der Waals surface area (Å²) in [6.45, 7) is 6.49. The number of ether oxygens (including phenoxy) is 1. The topological polar surface area (TPSA) is 29.6 Å². The molecule has 0 spiro atoms. The first kappa shape index (κ1) is 9.20. The molecule has 1 saturated heterocycles. The van der Waals surface area contributed by atoms with Crippen molar-refractivity contribution in [3.63, 3.8) is 0 Å². The van der Waals surface area contributed by atoms with Crippen LogP contribution in [0.1, 0.15) is 46.5 Å². The Labute approximate surface area is 79.7 Å². The first-order valence-corrected chi connectivity index (χ1v) is 5.20. The first-order chi connectivity index (χ1) is 5.99. The summed E-state index contributed by atoms with van der Waals surface area (Å²) in [4.78, 5) is 11.6. The average Bonchev–Trinajstić information content (AvgIpc) is 2.60. The molecule has 1 saturated carbocycles. The van der Waals surface area contributed by atoms with Crippen molar-refractivity contribution in [1.82, 2.24) is 0 Å². The lowest BCUT2D eigenvalue weighted by Crippen LogP contribution is -2.36. The molecule has 0 aromatic rings. The van der Waals surface area contributed by atoms with Crippen LogP contribution < -0.4 is 0 Å². The summed E-state index contributed by atoms with van der Waals surface area (Å²) in [5.41, 5.74) is 0.104. The van der Waals surface area contributed by atoms with Crippen LogP contribution in [0.2, 0.25) is 0 Å². The smallest absolute Gasteiger partial charge is 0.165 e. The van der Waals surface area contributed by atoms with Crippen LogP contribution >= 0.6 is 0 Å². The Hall–Kier alpha value is -0.370. The van der Waals surface area contributed by atoms with Crippen LogP contribution in [0, 0.1) is 5.41 Å². The molecular weight excluding hydrogens is 164 g/mol. The van der Waals surface area contributed by atoms with E-state index in [1.165, 1.54) is 0 Å². The van der Waals surface area contributed by atoms with Gasteiger partial charge in [-0.1, -0.05) is 27.2 Å². The zero-order valence-corrected chi connectivity index (χ0v) is 8.72. The molecule has 0 aromatic heterocycles. The molecule has 0 bridgehead atoms. The van der Waals surface area contributed by atoms with Gasteiger partial charge in [0.25, 0.3) is 0 Å². The molecule has 2 atom stereocenters. The Bertz CT molecular complexity index is 244. The highest BCUT2D eigenvalue weighted by molar-refractivity contribution is 5.88. The first-order valence-electron chi connectivity index (χ1n) is 5.20. The maximum absolute atomic E-state index is 11.6. The quantitative estimate of drug-likeness (QED) is 0.613. The molecule has 1 aliphatic heterocycles. The fraction of sp³-hybridized carbons (Fsp3) is 0.909. The van der Waals surface area contributed by atoms with Crippen molar-refractivity contribution in [2.45, 2.75) is 58.2 Å². The Morgan fingerprint density at radius 1 is 1.54 bits per heavy atom. The van der Waals surface area contributed by atoms with Gasteiger partial charge >= 0.3 is 0 Å². The van der Waals surface area contributed by atoms with Crippen molar-refractivity contribution < 1.29 is 9.53 Å². The highest BCUT2D eigenvalue weighted by Crippen LogP contribution is 2.54. The summed E-state index contributed by atoms with van der Waals surface area (Å²) < 4.78 is 5.60. The summed E-state index contributed by atoms with van der Waals surface area (Å²) in [5, 5.41) is 0. The molecular formula is C11H18O2. The molecule has 1 aliphatic carbocycles. The number of rotatable bonds is 2. The third kappa shape index (κ3) is 1.41. The van der Waals surface area contributed by atoms with Crippen LogP contribution in [-0.2, 0) is 9.53 Å². The minimum absolute atomic E-state index is 0.0412. The van der Waals surface area contributed by atoms with E-state index in [9.17, 15) is 4.79 Å². The number of hydrogen-bond donors (Lipinski definition) is 0. The second-order valence-electron chi connectivity index (χ2n) is 5.30. The fourth-order valence-corrected chi connectivity index (χ4v) is 2.83. The van der Waals surface area contributed by atoms with Crippen molar-refractivity contribution in [2.75, 3.05) is 0 Å². The number of carbonyl (C=O) groups excluding carboxylic acids is 1. The fourth-order valence-electron chi connectivity index (χ4n) is 2.83. The maximum Gasteiger partial charge on any atom is 0.165 e. The molecule has 0 amide bonds. The molecule has 13 heavy (non-hydrogen) atoms. The van der Waals surface area contributed by atoms with Gasteiger partial charge in [-0.25, -0.2) is 0 Å². The number of ketones is 1. The van der Waals surface area contributed by atoms with E-state index in [0.717, 1.165) is 19.3 Å². The SMILES string of the molecule is CCC[C@@]12CC(C)(C)CC(=O)[C@@H]1O2. The van der Waals surface area contributed by atoms with E-state index < -0.39 is 0 Å². The zero-order chi connectivity index (χ0) is 9.69. The van der Waals surface area contributed by atoms with Gasteiger partial charge in [0.15, 0.2) is 5.78 Å². The standard InChI is InChI=1S/C11H18O2/c1-4-5-11-7-10(2,3)6-8(12)9(11)13-11/h9H,4-7H2,1-3H3/t9-,11+/m0/s1. The van der Waals surface area contributed by atoms with Crippen LogP contribution in [0.25, 0.3) is 0 Å². The van der Waals surface area contributed by atoms with E-state index in [0.29, 0.717) is 12.2 Å². The van der Waals surface area contributed by atoms with Gasteiger partial charge in [0.05, 0.1) is 0 Å². The summed E-state index contributed by atoms with van der Waals surface area (Å²) in [7, 11) is 0. The molecule has 2 rings (SSSR count). The predicted octanol–water partition coefficient (Wildman–Crippen LogP) is 2.31. The molecule has 1 heterocycles. The van der Waals surface area contributed by atoms with Crippen molar-refractivity contribution in [1.29, 1.82) is 0 Å². The van der Waals surface area contributed by atoms with Gasteiger partial charge in [-0.05, 0) is 18.3 Å². The van der Waals surface area contributed by atoms with Gasteiger partial charge in [-0.3, -0.25) is 4.79 Å². The van der Waals surface area contributed by atoms with Crippen LogP contribution in [0.5, 0.6) is 0 Å². The molecule has 0 radical (unpaired) electrons. The maximum atomic E-state index is 11.6. The summed E-state index contributed by atoms with van der Waals surface area (Å²) in [6, 6.07) is 0. The lowest BCUT2D eigenvalue weighted by Gasteiger charge is -2.31. The van der Waals surface area contributed by atoms with Crippen LogP contribution in [0.3, 0.4) is 0 Å². The largest absolute Gasteiger partial charge is 0.358 e. The van der Waals surface area contributed by atoms with Crippen molar-refractivity contribution in [3.05, 3.63) is 0 Å². The van der Waals surface area contributed by atoms with E-state index in [1.54, 1.807) is 0 Å². The minimum Gasteiger partial charge on any atom is -0.358 e. The van der Waals surface area contributed by atoms with E-state index in [-0.39, 0.29) is 17.1 Å². The molecule has 0 N–H and O–H groups in total. The number of carbonyl (C=O) groups is 1. The highest BCUT2D eigenvalue weighted by atomic mass is 16.6. The van der Waals surface area contributed by atoms with E-state index in [4.69, 9.17) is 4.74 Å². The summed E-state index contributed by atoms with van der Waals surface area (Å²) in [6.07, 6.45) is 3.88. The highest BCUT2D eigenvalue weighted by Gasteiger charge is 2.64. The number of fused-ring (bicyclic) bond motifs is 1.